The Morgan fingerprint density at radius 1 is 1.10 bits per heavy atom. The molecule has 1 atom stereocenters. The van der Waals surface area contributed by atoms with Crippen molar-refractivity contribution in [3.05, 3.63) is 78.4 Å². The lowest BCUT2D eigenvalue weighted by atomic mass is 10.0. The van der Waals surface area contributed by atoms with Crippen molar-refractivity contribution >= 4 is 16.9 Å². The molecule has 3 aromatic rings. The molecule has 4 rings (SSSR count). The second-order valence-corrected chi connectivity index (χ2v) is 8.41. The normalized spacial score (nSPS) is 15.4. The molecule has 1 aromatic carbocycles. The summed E-state index contributed by atoms with van der Waals surface area (Å²) in [6.45, 7) is 1.76. The lowest BCUT2D eigenvalue weighted by molar-refractivity contribution is 0.108. The first-order valence-electron chi connectivity index (χ1n) is 10.3. The minimum Gasteiger partial charge on any atom is -0.490 e. The van der Waals surface area contributed by atoms with Gasteiger partial charge in [0, 0.05) is 41.5 Å². The van der Waals surface area contributed by atoms with Gasteiger partial charge in [0.25, 0.3) is 0 Å². The van der Waals surface area contributed by atoms with Crippen LogP contribution in [0.15, 0.2) is 67.3 Å². The van der Waals surface area contributed by atoms with Gasteiger partial charge in [-0.1, -0.05) is 36.0 Å². The molecule has 30 heavy (non-hydrogen) atoms. The van der Waals surface area contributed by atoms with Crippen molar-refractivity contribution in [2.24, 2.45) is 0 Å². The average Bonchev–Trinajstić information content (AvgIpc) is 2.76. The van der Waals surface area contributed by atoms with Crippen LogP contribution in [0.25, 0.3) is 11.1 Å². The highest BCUT2D eigenvalue weighted by atomic mass is 32.2. The number of nitrogens with zero attached hydrogens (tertiary/aromatic N) is 2. The van der Waals surface area contributed by atoms with Gasteiger partial charge in [-0.2, -0.15) is 0 Å². The monoisotopic (exact) mass is 419 g/mol. The lowest BCUT2D eigenvalue weighted by Gasteiger charge is -2.27. The fraction of sp³-hybridized carbons (Fsp3) is 0.292. The van der Waals surface area contributed by atoms with E-state index >= 15 is 0 Å². The summed E-state index contributed by atoms with van der Waals surface area (Å²) in [5.74, 6) is 1.59. The highest BCUT2D eigenvalue weighted by Gasteiger charge is 2.16. The smallest absolute Gasteiger partial charge is 0.220 e. The predicted octanol–water partition coefficient (Wildman–Crippen LogP) is 4.39. The summed E-state index contributed by atoms with van der Waals surface area (Å²) in [6, 6.07) is 14.6. The van der Waals surface area contributed by atoms with Crippen molar-refractivity contribution < 1.29 is 9.53 Å². The minimum absolute atomic E-state index is 0.0804. The van der Waals surface area contributed by atoms with E-state index in [4.69, 9.17) is 4.74 Å². The standard InChI is InChI=1S/C24H25N3O2S/c28-24(20-7-2-9-25-14-20)30-11-3-5-18-4-1-6-19(12-18)21-13-23(16-26-15-21)29-17-22-8-10-27-22/h1-2,4,6-7,9,12-16,22,27H,3,5,8,10-11,17H2. The minimum atomic E-state index is 0.0804. The number of carbonyl (C=O) groups excluding carboxylic acids is 1. The molecule has 0 bridgehead atoms. The maximum atomic E-state index is 12.1. The van der Waals surface area contributed by atoms with E-state index in [0.717, 1.165) is 42.0 Å². The first-order valence-corrected chi connectivity index (χ1v) is 11.2. The van der Waals surface area contributed by atoms with Crippen molar-refractivity contribution in [1.82, 2.24) is 15.3 Å². The molecule has 1 unspecified atom stereocenters. The Labute approximate surface area is 181 Å². The summed E-state index contributed by atoms with van der Waals surface area (Å²) in [5.41, 5.74) is 4.10. The summed E-state index contributed by atoms with van der Waals surface area (Å²) in [5, 5.41) is 3.42. The van der Waals surface area contributed by atoms with Gasteiger partial charge in [-0.05, 0) is 55.1 Å². The van der Waals surface area contributed by atoms with E-state index in [0.29, 0.717) is 18.2 Å². The Hall–Kier alpha value is -2.70. The molecule has 2 aromatic heterocycles. The van der Waals surface area contributed by atoms with Gasteiger partial charge < -0.3 is 10.1 Å². The van der Waals surface area contributed by atoms with Crippen molar-refractivity contribution in [3.63, 3.8) is 0 Å². The zero-order valence-electron chi connectivity index (χ0n) is 16.8. The number of hydrogen-bond acceptors (Lipinski definition) is 6. The number of ether oxygens (including phenoxy) is 1. The van der Waals surface area contributed by atoms with Gasteiger partial charge in [0.1, 0.15) is 12.4 Å². The number of rotatable bonds is 9. The number of aromatic nitrogens is 2. The van der Waals surface area contributed by atoms with E-state index in [2.05, 4.69) is 39.6 Å². The summed E-state index contributed by atoms with van der Waals surface area (Å²) in [4.78, 5) is 20.5. The van der Waals surface area contributed by atoms with E-state index in [1.54, 1.807) is 30.7 Å². The van der Waals surface area contributed by atoms with E-state index in [-0.39, 0.29) is 5.12 Å². The van der Waals surface area contributed by atoms with Crippen LogP contribution in [0.4, 0.5) is 0 Å². The molecule has 0 spiro atoms. The Bertz CT molecular complexity index is 977. The van der Waals surface area contributed by atoms with Gasteiger partial charge in [-0.25, -0.2) is 0 Å². The third kappa shape index (κ3) is 5.68. The van der Waals surface area contributed by atoms with Crippen LogP contribution in [0.5, 0.6) is 5.75 Å². The topological polar surface area (TPSA) is 64.1 Å². The molecule has 1 aliphatic rings. The van der Waals surface area contributed by atoms with Crippen molar-refractivity contribution in [3.8, 4) is 16.9 Å². The van der Waals surface area contributed by atoms with Gasteiger partial charge in [0.2, 0.25) is 5.12 Å². The highest BCUT2D eigenvalue weighted by molar-refractivity contribution is 8.14. The van der Waals surface area contributed by atoms with Crippen molar-refractivity contribution in [2.75, 3.05) is 18.9 Å². The average molecular weight is 420 g/mol. The maximum absolute atomic E-state index is 12.1. The van der Waals surface area contributed by atoms with Gasteiger partial charge in [0.15, 0.2) is 0 Å². The SMILES string of the molecule is O=C(SCCCc1cccc(-c2cncc(OCC3CCN3)c2)c1)c1cccnc1. The van der Waals surface area contributed by atoms with Crippen LogP contribution in [-0.4, -0.2) is 40.0 Å². The number of benzene rings is 1. The molecule has 154 valence electrons. The molecule has 0 amide bonds. The summed E-state index contributed by atoms with van der Waals surface area (Å²) in [6.07, 6.45) is 9.97. The molecule has 0 radical (unpaired) electrons. The molecule has 1 aliphatic heterocycles. The van der Waals surface area contributed by atoms with Crippen LogP contribution in [0.2, 0.25) is 0 Å². The zero-order chi connectivity index (χ0) is 20.6. The van der Waals surface area contributed by atoms with Crippen LogP contribution in [0, 0.1) is 0 Å². The first kappa shape index (κ1) is 20.6. The molecule has 1 fully saturated rings. The molecule has 1 saturated heterocycles. The van der Waals surface area contributed by atoms with Crippen LogP contribution in [0.3, 0.4) is 0 Å². The molecule has 6 heteroatoms. The van der Waals surface area contributed by atoms with Crippen molar-refractivity contribution in [1.29, 1.82) is 0 Å². The Kier molecular flexibility index (Phi) is 7.11. The Morgan fingerprint density at radius 2 is 2.03 bits per heavy atom. The number of pyridine rings is 2. The van der Waals surface area contributed by atoms with E-state index < -0.39 is 0 Å². The van der Waals surface area contributed by atoms with E-state index in [1.165, 1.54) is 23.7 Å². The van der Waals surface area contributed by atoms with Gasteiger partial charge >= 0.3 is 0 Å². The number of aryl methyl sites for hydroxylation is 1. The van der Waals surface area contributed by atoms with E-state index in [9.17, 15) is 4.79 Å². The Morgan fingerprint density at radius 3 is 2.83 bits per heavy atom. The number of thioether (sulfide) groups is 1. The Balaban J connectivity index is 1.30. The second-order valence-electron chi connectivity index (χ2n) is 7.34. The first-order chi connectivity index (χ1) is 14.8. The fourth-order valence-corrected chi connectivity index (χ4v) is 4.02. The molecule has 0 saturated carbocycles. The summed E-state index contributed by atoms with van der Waals surface area (Å²) >= 11 is 1.36. The zero-order valence-corrected chi connectivity index (χ0v) is 17.6. The van der Waals surface area contributed by atoms with Gasteiger partial charge in [-0.15, -0.1) is 0 Å². The second kappa shape index (κ2) is 10.4. The molecular weight excluding hydrogens is 394 g/mol. The number of hydrogen-bond donors (Lipinski definition) is 1. The third-order valence-electron chi connectivity index (χ3n) is 5.09. The summed E-state index contributed by atoms with van der Waals surface area (Å²) < 4.78 is 5.88. The molecule has 0 aliphatic carbocycles. The quantitative estimate of drug-likeness (QED) is 0.519. The van der Waals surface area contributed by atoms with Crippen LogP contribution < -0.4 is 10.1 Å². The van der Waals surface area contributed by atoms with Gasteiger partial charge in [-0.3, -0.25) is 14.8 Å². The molecular formula is C24H25N3O2S. The van der Waals surface area contributed by atoms with Crippen LogP contribution in [0.1, 0.15) is 28.8 Å². The lowest BCUT2D eigenvalue weighted by Crippen LogP contribution is -2.46. The highest BCUT2D eigenvalue weighted by Crippen LogP contribution is 2.24. The van der Waals surface area contributed by atoms with Gasteiger partial charge in [0.05, 0.1) is 6.20 Å². The van der Waals surface area contributed by atoms with Crippen LogP contribution >= 0.6 is 11.8 Å². The van der Waals surface area contributed by atoms with Crippen LogP contribution in [-0.2, 0) is 6.42 Å². The maximum Gasteiger partial charge on any atom is 0.220 e. The molecule has 5 nitrogen and oxygen atoms in total. The largest absolute Gasteiger partial charge is 0.490 e. The number of nitrogens with one attached hydrogen (secondary N) is 1. The predicted molar refractivity (Wildman–Crippen MR) is 121 cm³/mol. The fourth-order valence-electron chi connectivity index (χ4n) is 3.26. The number of carbonyl (C=O) groups is 1. The van der Waals surface area contributed by atoms with E-state index in [1.807, 2.05) is 12.3 Å². The van der Waals surface area contributed by atoms with Crippen molar-refractivity contribution in [2.45, 2.75) is 25.3 Å². The molecule has 1 N–H and O–H groups in total. The molecule has 3 heterocycles. The third-order valence-corrected chi connectivity index (χ3v) is 6.08. The summed E-state index contributed by atoms with van der Waals surface area (Å²) in [7, 11) is 0.